The molecule has 2 N–H and O–H groups in total. The molecule has 1 atom stereocenters. The van der Waals surface area contributed by atoms with E-state index in [1.54, 1.807) is 31.2 Å². The van der Waals surface area contributed by atoms with E-state index >= 15 is 0 Å². The number of allylic oxidation sites excluding steroid dienone is 1. The molecule has 0 radical (unpaired) electrons. The van der Waals surface area contributed by atoms with E-state index in [2.05, 4.69) is 6.58 Å². The van der Waals surface area contributed by atoms with Crippen LogP contribution in [0, 0.1) is 0 Å². The highest BCUT2D eigenvalue weighted by atomic mass is 16.6. The normalized spacial score (nSPS) is 15.6. The number of benzene rings is 2. The summed E-state index contributed by atoms with van der Waals surface area (Å²) >= 11 is 0. The number of carbonyl (C=O) groups excluding carboxylic acids is 1. The van der Waals surface area contributed by atoms with E-state index in [0.717, 1.165) is 16.7 Å². The number of phenols is 2. The maximum Gasteiger partial charge on any atom is 0.414 e. The lowest BCUT2D eigenvalue weighted by atomic mass is 9.87. The van der Waals surface area contributed by atoms with Crippen LogP contribution in [-0.4, -0.2) is 42.0 Å². The quantitative estimate of drug-likeness (QED) is 0.792. The Bertz CT molecular complexity index is 939. The van der Waals surface area contributed by atoms with Gasteiger partial charge in [0.2, 0.25) is 0 Å². The molecule has 0 bridgehead atoms. The van der Waals surface area contributed by atoms with Crippen molar-refractivity contribution in [2.24, 2.45) is 0 Å². The molecule has 3 rings (SSSR count). The molecule has 0 spiro atoms. The van der Waals surface area contributed by atoms with Gasteiger partial charge in [0.25, 0.3) is 0 Å². The highest BCUT2D eigenvalue weighted by molar-refractivity contribution is 5.72. The number of fused-ring (bicyclic) bond motifs is 1. The van der Waals surface area contributed by atoms with Gasteiger partial charge >= 0.3 is 6.09 Å². The first-order valence-corrected chi connectivity index (χ1v) is 9.29. The minimum atomic E-state index is -0.499. The van der Waals surface area contributed by atoms with E-state index in [1.165, 1.54) is 19.1 Å². The molecule has 1 aliphatic heterocycles. The number of nitrogens with zero attached hydrogens (tertiary/aromatic N) is 1. The first-order valence-electron chi connectivity index (χ1n) is 9.29. The van der Waals surface area contributed by atoms with Crippen molar-refractivity contribution in [2.75, 3.05) is 20.8 Å². The van der Waals surface area contributed by atoms with E-state index in [9.17, 15) is 15.0 Å². The zero-order chi connectivity index (χ0) is 21.1. The smallest absolute Gasteiger partial charge is 0.414 e. The van der Waals surface area contributed by atoms with Crippen LogP contribution in [0.15, 0.2) is 42.6 Å². The van der Waals surface area contributed by atoms with E-state index < -0.39 is 12.1 Å². The summed E-state index contributed by atoms with van der Waals surface area (Å²) in [5, 5.41) is 20.5. The molecule has 0 unspecified atom stereocenters. The number of hydrogen-bond donors (Lipinski definition) is 2. The third kappa shape index (κ3) is 3.94. The van der Waals surface area contributed by atoms with Crippen molar-refractivity contribution in [2.45, 2.75) is 25.8 Å². The van der Waals surface area contributed by atoms with Gasteiger partial charge in [0.1, 0.15) is 0 Å². The molecule has 7 nitrogen and oxygen atoms in total. The molecule has 0 fully saturated rings. The number of amides is 1. The van der Waals surface area contributed by atoms with Crippen molar-refractivity contribution in [1.29, 1.82) is 0 Å². The molecule has 1 amide bonds. The largest absolute Gasteiger partial charge is 0.504 e. The average Bonchev–Trinajstić information content (AvgIpc) is 2.68. The molecule has 2 aromatic carbocycles. The minimum Gasteiger partial charge on any atom is -0.504 e. The van der Waals surface area contributed by atoms with Crippen LogP contribution in [0.3, 0.4) is 0 Å². The number of ether oxygens (including phenoxy) is 3. The van der Waals surface area contributed by atoms with Crippen molar-refractivity contribution in [3.05, 3.63) is 59.3 Å². The van der Waals surface area contributed by atoms with Crippen LogP contribution in [-0.2, 0) is 17.6 Å². The van der Waals surface area contributed by atoms with Crippen LogP contribution in [0.25, 0.3) is 0 Å². The number of hydrogen-bond acceptors (Lipinski definition) is 6. The Morgan fingerprint density at radius 2 is 1.83 bits per heavy atom. The summed E-state index contributed by atoms with van der Waals surface area (Å²) in [6.45, 7) is 6.04. The number of rotatable bonds is 5. The third-order valence-electron chi connectivity index (χ3n) is 4.98. The number of aromatic hydroxyl groups is 2. The van der Waals surface area contributed by atoms with Gasteiger partial charge in [-0.3, -0.25) is 4.90 Å². The second-order valence-corrected chi connectivity index (χ2v) is 6.76. The molecule has 1 aliphatic rings. The molecular formula is C22H25NO6. The molecular weight excluding hydrogens is 374 g/mol. The fraction of sp³-hybridized carbons (Fsp3) is 0.318. The van der Waals surface area contributed by atoms with Gasteiger partial charge in [-0.1, -0.05) is 12.6 Å². The Morgan fingerprint density at radius 3 is 2.45 bits per heavy atom. The second-order valence-electron chi connectivity index (χ2n) is 6.76. The molecule has 0 aliphatic carbocycles. The SMILES string of the molecule is C=C1Cc2cc(OC)c(O)cc2[C@@H](Cc2ccc(OC)c(O)c2)N1C(=O)OCC. The van der Waals surface area contributed by atoms with Gasteiger partial charge in [-0.05, 0) is 54.3 Å². The van der Waals surface area contributed by atoms with Crippen molar-refractivity contribution < 1.29 is 29.2 Å². The van der Waals surface area contributed by atoms with E-state index in [4.69, 9.17) is 14.2 Å². The van der Waals surface area contributed by atoms with E-state index in [-0.39, 0.29) is 18.1 Å². The molecule has 0 saturated carbocycles. The van der Waals surface area contributed by atoms with E-state index in [1.807, 2.05) is 6.07 Å². The molecule has 2 aromatic rings. The standard InChI is InChI=1S/C22H25NO6/c1-5-29-22(26)23-13(2)8-15-11-21(28-4)19(25)12-16(15)17(23)9-14-6-7-20(27-3)18(24)10-14/h6-7,10-12,17,24-25H,2,5,8-9H2,1,3-4H3/t17-/m1/s1. The molecule has 0 saturated heterocycles. The Kier molecular flexibility index (Phi) is 5.87. The van der Waals surface area contributed by atoms with Crippen molar-refractivity contribution in [3.8, 4) is 23.0 Å². The number of carbonyl (C=O) groups is 1. The topological polar surface area (TPSA) is 88.5 Å². The van der Waals surface area contributed by atoms with Crippen LogP contribution in [0.4, 0.5) is 4.79 Å². The first-order chi connectivity index (χ1) is 13.9. The summed E-state index contributed by atoms with van der Waals surface area (Å²) in [4.78, 5) is 14.2. The van der Waals surface area contributed by atoms with Crippen LogP contribution in [0.1, 0.15) is 29.7 Å². The van der Waals surface area contributed by atoms with Gasteiger partial charge in [0.15, 0.2) is 23.0 Å². The molecule has 154 valence electrons. The highest BCUT2D eigenvalue weighted by Gasteiger charge is 2.35. The van der Waals surface area contributed by atoms with Gasteiger partial charge in [-0.2, -0.15) is 0 Å². The lowest BCUT2D eigenvalue weighted by Gasteiger charge is -2.38. The Morgan fingerprint density at radius 1 is 1.14 bits per heavy atom. The van der Waals surface area contributed by atoms with Gasteiger partial charge in [0.05, 0.1) is 26.9 Å². The van der Waals surface area contributed by atoms with Crippen LogP contribution in [0.2, 0.25) is 0 Å². The summed E-state index contributed by atoms with van der Waals surface area (Å²) in [6, 6.07) is 8.00. The maximum absolute atomic E-state index is 12.7. The Labute approximate surface area is 169 Å². The predicted molar refractivity (Wildman–Crippen MR) is 107 cm³/mol. The Balaban J connectivity index is 2.07. The molecule has 7 heteroatoms. The van der Waals surface area contributed by atoms with E-state index in [0.29, 0.717) is 30.0 Å². The number of phenolic OH excluding ortho intramolecular Hbond substituents is 2. The minimum absolute atomic E-state index is 0.00912. The lowest BCUT2D eigenvalue weighted by Crippen LogP contribution is -2.39. The zero-order valence-corrected chi connectivity index (χ0v) is 16.8. The highest BCUT2D eigenvalue weighted by Crippen LogP contribution is 2.42. The number of methoxy groups -OCH3 is 2. The van der Waals surface area contributed by atoms with Crippen LogP contribution < -0.4 is 9.47 Å². The first kappa shape index (κ1) is 20.4. The molecule has 1 heterocycles. The fourth-order valence-corrected chi connectivity index (χ4v) is 3.65. The monoisotopic (exact) mass is 399 g/mol. The maximum atomic E-state index is 12.7. The summed E-state index contributed by atoms with van der Waals surface area (Å²) in [5.41, 5.74) is 3.07. The van der Waals surface area contributed by atoms with Gasteiger partial charge in [-0.25, -0.2) is 4.79 Å². The second kappa shape index (κ2) is 8.34. The zero-order valence-electron chi connectivity index (χ0n) is 16.8. The predicted octanol–water partition coefficient (Wildman–Crippen LogP) is 3.93. The summed E-state index contributed by atoms with van der Waals surface area (Å²) in [6.07, 6.45) is 0.310. The van der Waals surface area contributed by atoms with Crippen molar-refractivity contribution in [3.63, 3.8) is 0 Å². The van der Waals surface area contributed by atoms with Gasteiger partial charge in [-0.15, -0.1) is 0 Å². The summed E-state index contributed by atoms with van der Waals surface area (Å²) < 4.78 is 15.6. The molecule has 0 aromatic heterocycles. The average molecular weight is 399 g/mol. The van der Waals surface area contributed by atoms with Gasteiger partial charge < -0.3 is 24.4 Å². The Hall–Kier alpha value is -3.35. The third-order valence-corrected chi connectivity index (χ3v) is 4.98. The van der Waals surface area contributed by atoms with Crippen molar-refractivity contribution >= 4 is 6.09 Å². The lowest BCUT2D eigenvalue weighted by molar-refractivity contribution is 0.101. The fourth-order valence-electron chi connectivity index (χ4n) is 3.65. The van der Waals surface area contributed by atoms with Crippen LogP contribution in [0.5, 0.6) is 23.0 Å². The van der Waals surface area contributed by atoms with Crippen LogP contribution >= 0.6 is 0 Å². The molecule has 29 heavy (non-hydrogen) atoms. The van der Waals surface area contributed by atoms with Gasteiger partial charge in [0, 0.05) is 12.1 Å². The summed E-state index contributed by atoms with van der Waals surface area (Å²) in [7, 11) is 2.97. The van der Waals surface area contributed by atoms with Crippen molar-refractivity contribution in [1.82, 2.24) is 4.90 Å². The summed E-state index contributed by atoms with van der Waals surface area (Å²) in [5.74, 6) is 0.735.